The first kappa shape index (κ1) is 22.0. The normalized spacial score (nSPS) is 16.1. The molecule has 0 atom stereocenters. The molecule has 4 aromatic rings. The number of aromatic nitrogens is 2. The second-order valence-electron chi connectivity index (χ2n) is 9.33. The lowest BCUT2D eigenvalue weighted by molar-refractivity contribution is 0.0694. The summed E-state index contributed by atoms with van der Waals surface area (Å²) in [5.74, 6) is -0.984. The van der Waals surface area contributed by atoms with Gasteiger partial charge in [0, 0.05) is 24.7 Å². The molecule has 0 saturated carbocycles. The Balaban J connectivity index is 1.21. The predicted molar refractivity (Wildman–Crippen MR) is 135 cm³/mol. The number of imide groups is 1. The minimum Gasteiger partial charge on any atom is -0.338 e. The molecular weight excluding hydrogens is 456 g/mol. The van der Waals surface area contributed by atoms with Crippen LogP contribution in [0.1, 0.15) is 55.5 Å². The average molecular weight is 481 g/mol. The van der Waals surface area contributed by atoms with Crippen LogP contribution >= 0.6 is 0 Å². The Bertz CT molecular complexity index is 1610. The minimum absolute atomic E-state index is 0.000380. The summed E-state index contributed by atoms with van der Waals surface area (Å²) in [7, 11) is 0. The van der Waals surface area contributed by atoms with E-state index in [1.54, 1.807) is 33.7 Å². The van der Waals surface area contributed by atoms with Crippen LogP contribution < -0.4 is 10.6 Å². The maximum Gasteiger partial charge on any atom is 0.326 e. The van der Waals surface area contributed by atoms with E-state index in [4.69, 9.17) is 0 Å². The third-order valence-electron chi connectivity index (χ3n) is 7.23. The number of para-hydroxylation sites is 3. The van der Waals surface area contributed by atoms with Crippen LogP contribution in [0.4, 0.5) is 5.69 Å². The highest BCUT2D eigenvalue weighted by molar-refractivity contribution is 6.35. The van der Waals surface area contributed by atoms with Crippen LogP contribution in [-0.2, 0) is 0 Å². The van der Waals surface area contributed by atoms with Crippen LogP contribution in [0.15, 0.2) is 71.5 Å². The fraction of sp³-hybridized carbons (Fsp3) is 0.214. The molecule has 1 N–H and O–H groups in total. The predicted octanol–water partition coefficient (Wildman–Crippen LogP) is 3.92. The Kier molecular flexibility index (Phi) is 5.10. The molecule has 0 unspecified atom stereocenters. The number of hydrogen-bond donors (Lipinski definition) is 1. The van der Waals surface area contributed by atoms with Gasteiger partial charge in [0.25, 0.3) is 17.7 Å². The summed E-state index contributed by atoms with van der Waals surface area (Å²) in [6, 6.07) is 19.5. The number of fused-ring (bicyclic) bond motifs is 2. The van der Waals surface area contributed by atoms with Crippen LogP contribution in [0.3, 0.4) is 0 Å². The molecular formula is C28H24N4O4. The Morgan fingerprint density at radius 2 is 1.56 bits per heavy atom. The van der Waals surface area contributed by atoms with E-state index in [0.29, 0.717) is 42.7 Å². The van der Waals surface area contributed by atoms with Crippen molar-refractivity contribution in [3.63, 3.8) is 0 Å². The van der Waals surface area contributed by atoms with E-state index in [1.165, 1.54) is 11.0 Å². The van der Waals surface area contributed by atoms with Crippen LogP contribution in [0, 0.1) is 6.92 Å². The number of amides is 3. The van der Waals surface area contributed by atoms with E-state index in [1.807, 2.05) is 43.3 Å². The first-order valence-corrected chi connectivity index (χ1v) is 12.0. The number of likely N-dealkylation sites (tertiary alicyclic amines) is 1. The maximum atomic E-state index is 13.3. The van der Waals surface area contributed by atoms with Gasteiger partial charge in [-0.25, -0.2) is 9.69 Å². The molecule has 3 heterocycles. The standard InChI is InChI=1S/C28H24N4O4/c1-17-6-2-4-8-23(17)32-26(34)20-11-10-18(16-21(20)27(32)35)25(33)30-14-12-19(13-15-30)31-24-9-5-3-7-22(24)29-28(31)36/h2-11,16,19H,12-15H2,1H3,(H,29,36). The Morgan fingerprint density at radius 1 is 0.861 bits per heavy atom. The lowest BCUT2D eigenvalue weighted by Crippen LogP contribution is -2.40. The molecule has 180 valence electrons. The van der Waals surface area contributed by atoms with Gasteiger partial charge in [-0.3, -0.25) is 19.0 Å². The molecule has 0 radical (unpaired) electrons. The van der Waals surface area contributed by atoms with Gasteiger partial charge >= 0.3 is 5.69 Å². The van der Waals surface area contributed by atoms with Gasteiger partial charge in [0.15, 0.2) is 0 Å². The molecule has 3 amide bonds. The Morgan fingerprint density at radius 3 is 2.33 bits per heavy atom. The van der Waals surface area contributed by atoms with Crippen LogP contribution in [0.5, 0.6) is 0 Å². The molecule has 1 saturated heterocycles. The molecule has 8 nitrogen and oxygen atoms in total. The van der Waals surface area contributed by atoms with Crippen molar-refractivity contribution in [1.82, 2.24) is 14.5 Å². The van der Waals surface area contributed by atoms with Crippen LogP contribution in [0.25, 0.3) is 11.0 Å². The van der Waals surface area contributed by atoms with E-state index in [-0.39, 0.29) is 29.1 Å². The topological polar surface area (TPSA) is 95.5 Å². The molecule has 6 rings (SSSR count). The van der Waals surface area contributed by atoms with Gasteiger partial charge in [-0.1, -0.05) is 30.3 Å². The monoisotopic (exact) mass is 480 g/mol. The van der Waals surface area contributed by atoms with Crippen molar-refractivity contribution >= 4 is 34.4 Å². The van der Waals surface area contributed by atoms with Crippen molar-refractivity contribution in [2.75, 3.05) is 18.0 Å². The van der Waals surface area contributed by atoms with Crippen molar-refractivity contribution in [2.45, 2.75) is 25.8 Å². The number of carbonyl (C=O) groups excluding carboxylic acids is 3. The second kappa shape index (κ2) is 8.34. The van der Waals surface area contributed by atoms with Gasteiger partial charge in [-0.05, 0) is 61.7 Å². The van der Waals surface area contributed by atoms with Gasteiger partial charge in [-0.15, -0.1) is 0 Å². The van der Waals surface area contributed by atoms with Gasteiger partial charge < -0.3 is 9.88 Å². The largest absolute Gasteiger partial charge is 0.338 e. The lowest BCUT2D eigenvalue weighted by Gasteiger charge is -2.32. The number of aromatic amines is 1. The van der Waals surface area contributed by atoms with E-state index < -0.39 is 5.91 Å². The number of anilines is 1. The number of benzene rings is 3. The molecule has 2 aliphatic rings. The number of nitrogens with zero attached hydrogens (tertiary/aromatic N) is 3. The van der Waals surface area contributed by atoms with E-state index in [0.717, 1.165) is 16.6 Å². The zero-order valence-electron chi connectivity index (χ0n) is 19.7. The van der Waals surface area contributed by atoms with Crippen molar-refractivity contribution in [1.29, 1.82) is 0 Å². The average Bonchev–Trinajstić information content (AvgIpc) is 3.36. The van der Waals surface area contributed by atoms with Crippen molar-refractivity contribution < 1.29 is 14.4 Å². The highest BCUT2D eigenvalue weighted by atomic mass is 16.2. The quantitative estimate of drug-likeness (QED) is 0.450. The van der Waals surface area contributed by atoms with Crippen molar-refractivity contribution in [3.8, 4) is 0 Å². The first-order valence-electron chi connectivity index (χ1n) is 12.0. The number of hydrogen-bond acceptors (Lipinski definition) is 4. The van der Waals surface area contributed by atoms with E-state index in [9.17, 15) is 19.2 Å². The number of imidazole rings is 1. The summed E-state index contributed by atoms with van der Waals surface area (Å²) in [5.41, 5.74) is 3.83. The molecule has 1 fully saturated rings. The third kappa shape index (κ3) is 3.37. The lowest BCUT2D eigenvalue weighted by atomic mass is 10.0. The van der Waals surface area contributed by atoms with Gasteiger partial charge in [0.1, 0.15) is 0 Å². The highest BCUT2D eigenvalue weighted by Crippen LogP contribution is 2.32. The minimum atomic E-state index is -0.420. The number of rotatable bonds is 3. The SMILES string of the molecule is Cc1ccccc1N1C(=O)c2ccc(C(=O)N3CCC(n4c(=O)[nH]c5ccccc54)CC3)cc2C1=O. The van der Waals surface area contributed by atoms with E-state index >= 15 is 0 Å². The summed E-state index contributed by atoms with van der Waals surface area (Å²) >= 11 is 0. The van der Waals surface area contributed by atoms with Gasteiger partial charge in [0.05, 0.1) is 27.8 Å². The Hall–Kier alpha value is -4.46. The molecule has 0 aliphatic carbocycles. The zero-order valence-corrected chi connectivity index (χ0v) is 19.7. The smallest absolute Gasteiger partial charge is 0.326 e. The number of nitrogens with one attached hydrogen (secondary N) is 1. The summed E-state index contributed by atoms with van der Waals surface area (Å²) < 4.78 is 1.79. The highest BCUT2D eigenvalue weighted by Gasteiger charge is 2.38. The van der Waals surface area contributed by atoms with Crippen LogP contribution in [-0.4, -0.2) is 45.3 Å². The molecule has 8 heteroatoms. The molecule has 0 bridgehead atoms. The van der Waals surface area contributed by atoms with Gasteiger partial charge in [-0.2, -0.15) is 0 Å². The molecule has 3 aromatic carbocycles. The number of H-pyrrole nitrogens is 1. The molecule has 1 aromatic heterocycles. The fourth-order valence-corrected chi connectivity index (χ4v) is 5.35. The number of piperidine rings is 1. The zero-order chi connectivity index (χ0) is 25.0. The van der Waals surface area contributed by atoms with Crippen LogP contribution in [0.2, 0.25) is 0 Å². The van der Waals surface area contributed by atoms with Gasteiger partial charge in [0.2, 0.25) is 0 Å². The van der Waals surface area contributed by atoms with E-state index in [2.05, 4.69) is 4.98 Å². The summed E-state index contributed by atoms with van der Waals surface area (Å²) in [5, 5.41) is 0. The summed E-state index contributed by atoms with van der Waals surface area (Å²) in [4.78, 5) is 57.8. The summed E-state index contributed by atoms with van der Waals surface area (Å²) in [6.45, 7) is 2.84. The maximum absolute atomic E-state index is 13.3. The summed E-state index contributed by atoms with van der Waals surface area (Å²) in [6.07, 6.45) is 1.30. The molecule has 0 spiro atoms. The third-order valence-corrected chi connectivity index (χ3v) is 7.23. The molecule has 36 heavy (non-hydrogen) atoms. The Labute approximate surface area is 206 Å². The molecule has 2 aliphatic heterocycles. The number of carbonyl (C=O) groups is 3. The fourth-order valence-electron chi connectivity index (χ4n) is 5.35. The first-order chi connectivity index (χ1) is 17.4. The van der Waals surface area contributed by atoms with Crippen molar-refractivity contribution in [3.05, 3.63) is 99.5 Å². The number of aryl methyl sites for hydroxylation is 1. The van der Waals surface area contributed by atoms with Crippen molar-refractivity contribution in [2.24, 2.45) is 0 Å². The second-order valence-corrected chi connectivity index (χ2v) is 9.33.